The van der Waals surface area contributed by atoms with E-state index in [-0.39, 0.29) is 24.4 Å². The van der Waals surface area contributed by atoms with E-state index in [1.165, 1.54) is 12.8 Å². The van der Waals surface area contributed by atoms with Gasteiger partial charge in [0.1, 0.15) is 6.04 Å². The van der Waals surface area contributed by atoms with Crippen LogP contribution in [0.5, 0.6) is 0 Å². The molecule has 0 spiro atoms. The minimum atomic E-state index is -0.248. The summed E-state index contributed by atoms with van der Waals surface area (Å²) in [5, 5.41) is 2.70. The molecular weight excluding hydrogens is 240 g/mol. The van der Waals surface area contributed by atoms with Gasteiger partial charge in [-0.2, -0.15) is 0 Å². The summed E-state index contributed by atoms with van der Waals surface area (Å²) in [6.45, 7) is 7.32. The van der Waals surface area contributed by atoms with Gasteiger partial charge in [-0.1, -0.05) is 46.5 Å². The molecule has 1 saturated heterocycles. The number of carbonyl (C=O) groups excluding carboxylic acids is 2. The maximum Gasteiger partial charge on any atom is 0.243 e. The fraction of sp³-hybridized carbons (Fsp3) is 0.867. The monoisotopic (exact) mass is 268 g/mol. The van der Waals surface area contributed by atoms with E-state index < -0.39 is 0 Å². The summed E-state index contributed by atoms with van der Waals surface area (Å²) < 4.78 is 0. The number of hydrogen-bond donors (Lipinski definition) is 1. The Morgan fingerprint density at radius 1 is 1.26 bits per heavy atom. The summed E-state index contributed by atoms with van der Waals surface area (Å²) in [6.07, 6.45) is 6.30. The summed E-state index contributed by atoms with van der Waals surface area (Å²) in [7, 11) is 0. The van der Waals surface area contributed by atoms with Crippen molar-refractivity contribution in [3.05, 3.63) is 0 Å². The Kier molecular flexibility index (Phi) is 6.89. The lowest BCUT2D eigenvalue weighted by Gasteiger charge is -2.37. The van der Waals surface area contributed by atoms with Gasteiger partial charge in [0.05, 0.1) is 6.54 Å². The summed E-state index contributed by atoms with van der Waals surface area (Å²) in [6, 6.07) is -0.248. The second-order valence-corrected chi connectivity index (χ2v) is 5.48. The number of nitrogens with one attached hydrogen (secondary N) is 1. The topological polar surface area (TPSA) is 49.4 Å². The quantitative estimate of drug-likeness (QED) is 0.734. The average Bonchev–Trinajstić information content (AvgIpc) is 2.41. The van der Waals surface area contributed by atoms with Gasteiger partial charge in [-0.15, -0.1) is 0 Å². The Hall–Kier alpha value is -1.06. The lowest BCUT2D eigenvalue weighted by molar-refractivity contribution is -0.146. The van der Waals surface area contributed by atoms with Crippen LogP contribution in [0.2, 0.25) is 0 Å². The number of nitrogens with zero attached hydrogens (tertiary/aromatic N) is 1. The van der Waals surface area contributed by atoms with E-state index in [0.717, 1.165) is 32.2 Å². The van der Waals surface area contributed by atoms with Gasteiger partial charge in [0.15, 0.2) is 0 Å². The van der Waals surface area contributed by atoms with Crippen molar-refractivity contribution in [2.75, 3.05) is 13.1 Å². The molecule has 0 saturated carbocycles. The molecule has 110 valence electrons. The van der Waals surface area contributed by atoms with Crippen molar-refractivity contribution >= 4 is 11.8 Å². The number of rotatable bonds is 8. The van der Waals surface area contributed by atoms with Gasteiger partial charge in [-0.25, -0.2) is 0 Å². The summed E-state index contributed by atoms with van der Waals surface area (Å²) >= 11 is 0. The molecular formula is C15H28N2O2. The van der Waals surface area contributed by atoms with Crippen molar-refractivity contribution in [2.24, 2.45) is 5.92 Å². The predicted molar refractivity (Wildman–Crippen MR) is 76.7 cm³/mol. The molecule has 1 heterocycles. The first-order valence-corrected chi connectivity index (χ1v) is 7.71. The van der Waals surface area contributed by atoms with Crippen molar-refractivity contribution in [3.8, 4) is 0 Å². The first-order valence-electron chi connectivity index (χ1n) is 7.71. The molecule has 1 aliphatic heterocycles. The van der Waals surface area contributed by atoms with Crippen molar-refractivity contribution in [1.29, 1.82) is 0 Å². The van der Waals surface area contributed by atoms with Gasteiger partial charge >= 0.3 is 0 Å². The molecule has 1 N–H and O–H groups in total. The maximum atomic E-state index is 12.1. The molecule has 0 aromatic rings. The fourth-order valence-corrected chi connectivity index (χ4v) is 2.68. The number of carbonyl (C=O) groups is 2. The number of amides is 2. The van der Waals surface area contributed by atoms with E-state index in [4.69, 9.17) is 0 Å². The first kappa shape index (κ1) is 16.0. The van der Waals surface area contributed by atoms with Crippen LogP contribution in [0.3, 0.4) is 0 Å². The molecule has 2 amide bonds. The highest BCUT2D eigenvalue weighted by molar-refractivity contribution is 5.94. The lowest BCUT2D eigenvalue weighted by Crippen LogP contribution is -2.59. The largest absolute Gasteiger partial charge is 0.345 e. The van der Waals surface area contributed by atoms with Crippen molar-refractivity contribution in [1.82, 2.24) is 10.2 Å². The fourth-order valence-electron chi connectivity index (χ4n) is 2.68. The third-order valence-electron chi connectivity index (χ3n) is 3.97. The highest BCUT2D eigenvalue weighted by Crippen LogP contribution is 2.19. The second kappa shape index (κ2) is 8.18. The molecule has 1 fully saturated rings. The van der Waals surface area contributed by atoms with E-state index in [9.17, 15) is 9.59 Å². The third kappa shape index (κ3) is 4.51. The van der Waals surface area contributed by atoms with Crippen LogP contribution in [0, 0.1) is 5.92 Å². The molecule has 1 aliphatic rings. The molecule has 2 unspecified atom stereocenters. The number of piperazine rings is 1. The minimum absolute atomic E-state index is 0.0202. The zero-order chi connectivity index (χ0) is 14.3. The molecule has 2 atom stereocenters. The molecule has 0 aromatic heterocycles. The molecule has 0 aliphatic carbocycles. The smallest absolute Gasteiger partial charge is 0.243 e. The Labute approximate surface area is 116 Å². The first-order chi connectivity index (χ1) is 9.13. The van der Waals surface area contributed by atoms with E-state index >= 15 is 0 Å². The maximum absolute atomic E-state index is 12.1. The molecule has 19 heavy (non-hydrogen) atoms. The summed E-state index contributed by atoms with van der Waals surface area (Å²) in [5.74, 6) is 0.619. The van der Waals surface area contributed by atoms with Crippen LogP contribution in [0.4, 0.5) is 0 Å². The van der Waals surface area contributed by atoms with Crippen molar-refractivity contribution < 1.29 is 9.59 Å². The number of unbranched alkanes of at least 4 members (excludes halogenated alkanes) is 1. The van der Waals surface area contributed by atoms with E-state index in [1.54, 1.807) is 0 Å². The van der Waals surface area contributed by atoms with E-state index in [0.29, 0.717) is 5.92 Å². The van der Waals surface area contributed by atoms with Gasteiger partial charge in [-0.05, 0) is 18.8 Å². The van der Waals surface area contributed by atoms with Crippen LogP contribution in [-0.4, -0.2) is 35.8 Å². The minimum Gasteiger partial charge on any atom is -0.345 e. The normalized spacial score (nSPS) is 21.4. The Balaban J connectivity index is 2.67. The van der Waals surface area contributed by atoms with Crippen LogP contribution in [0.1, 0.15) is 59.3 Å². The summed E-state index contributed by atoms with van der Waals surface area (Å²) in [4.78, 5) is 25.8. The van der Waals surface area contributed by atoms with Gasteiger partial charge < -0.3 is 10.2 Å². The standard InChI is InChI=1S/C15H28N2O2/c1-4-7-9-12(6-3)11-17-13(8-5-2)15(19)16-10-14(17)18/h12-13H,4-11H2,1-3H3,(H,16,19). The zero-order valence-corrected chi connectivity index (χ0v) is 12.6. The highest BCUT2D eigenvalue weighted by atomic mass is 16.2. The molecule has 4 heteroatoms. The van der Waals surface area contributed by atoms with Gasteiger partial charge in [-0.3, -0.25) is 9.59 Å². The molecule has 0 aromatic carbocycles. The number of hydrogen-bond acceptors (Lipinski definition) is 2. The lowest BCUT2D eigenvalue weighted by atomic mass is 9.96. The highest BCUT2D eigenvalue weighted by Gasteiger charge is 2.34. The van der Waals surface area contributed by atoms with Gasteiger partial charge in [0.2, 0.25) is 11.8 Å². The third-order valence-corrected chi connectivity index (χ3v) is 3.97. The molecule has 0 radical (unpaired) electrons. The van der Waals surface area contributed by atoms with E-state index in [2.05, 4.69) is 26.1 Å². The van der Waals surface area contributed by atoms with Gasteiger partial charge in [0.25, 0.3) is 0 Å². The van der Waals surface area contributed by atoms with Crippen molar-refractivity contribution in [3.63, 3.8) is 0 Å². The Morgan fingerprint density at radius 2 is 2.00 bits per heavy atom. The SMILES string of the molecule is CCCCC(CC)CN1C(=O)CNC(=O)C1CCC. The van der Waals surface area contributed by atoms with E-state index in [1.807, 2.05) is 4.90 Å². The Morgan fingerprint density at radius 3 is 2.58 bits per heavy atom. The second-order valence-electron chi connectivity index (χ2n) is 5.48. The van der Waals surface area contributed by atoms with Gasteiger partial charge in [0, 0.05) is 6.54 Å². The zero-order valence-electron chi connectivity index (χ0n) is 12.6. The Bertz CT molecular complexity index is 305. The van der Waals surface area contributed by atoms with Crippen LogP contribution in [0.15, 0.2) is 0 Å². The molecule has 0 bridgehead atoms. The van der Waals surface area contributed by atoms with Crippen LogP contribution in [-0.2, 0) is 9.59 Å². The van der Waals surface area contributed by atoms with Crippen LogP contribution in [0.25, 0.3) is 0 Å². The molecule has 1 rings (SSSR count). The average molecular weight is 268 g/mol. The van der Waals surface area contributed by atoms with Crippen LogP contribution < -0.4 is 5.32 Å². The van der Waals surface area contributed by atoms with Crippen molar-refractivity contribution in [2.45, 2.75) is 65.3 Å². The predicted octanol–water partition coefficient (Wildman–Crippen LogP) is 2.33. The molecule has 4 nitrogen and oxygen atoms in total. The van der Waals surface area contributed by atoms with Crippen LogP contribution >= 0.6 is 0 Å². The summed E-state index contributed by atoms with van der Waals surface area (Å²) in [5.41, 5.74) is 0.